The SMILES string of the molecule is Cc1cc(C(=O)N2CCN(CC(=O)Nc3ccc(F)cc3)CC2)sc1C. The summed E-state index contributed by atoms with van der Waals surface area (Å²) < 4.78 is 12.9. The van der Waals surface area contributed by atoms with Gasteiger partial charge in [-0.2, -0.15) is 0 Å². The van der Waals surface area contributed by atoms with Gasteiger partial charge in [0, 0.05) is 36.7 Å². The van der Waals surface area contributed by atoms with Gasteiger partial charge in [-0.3, -0.25) is 14.5 Å². The minimum atomic E-state index is -0.333. The molecule has 1 saturated heterocycles. The number of piperazine rings is 1. The second-order valence-corrected chi connectivity index (χ2v) is 7.73. The maximum Gasteiger partial charge on any atom is 0.264 e. The zero-order valence-corrected chi connectivity index (χ0v) is 15.7. The molecule has 3 rings (SSSR count). The third kappa shape index (κ3) is 4.47. The van der Waals surface area contributed by atoms with Gasteiger partial charge in [-0.1, -0.05) is 0 Å². The number of rotatable bonds is 4. The highest BCUT2D eigenvalue weighted by molar-refractivity contribution is 7.14. The van der Waals surface area contributed by atoms with E-state index in [9.17, 15) is 14.0 Å². The summed E-state index contributed by atoms with van der Waals surface area (Å²) in [5.41, 5.74) is 1.73. The zero-order valence-electron chi connectivity index (χ0n) is 14.9. The third-order valence-corrected chi connectivity index (χ3v) is 5.67. The Labute approximate surface area is 156 Å². The molecule has 1 fully saturated rings. The maximum absolute atomic E-state index is 12.9. The standard InChI is InChI=1S/C19H22FN3O2S/c1-13-11-17(26-14(13)2)19(25)23-9-7-22(8-10-23)12-18(24)21-16-5-3-15(20)4-6-16/h3-6,11H,7-10,12H2,1-2H3,(H,21,24). The van der Waals surface area contributed by atoms with Crippen LogP contribution in [0.4, 0.5) is 10.1 Å². The Bertz CT molecular complexity index is 776. The lowest BCUT2D eigenvalue weighted by Crippen LogP contribution is -2.50. The van der Waals surface area contributed by atoms with E-state index >= 15 is 0 Å². The summed E-state index contributed by atoms with van der Waals surface area (Å²) in [6, 6.07) is 7.65. The van der Waals surface area contributed by atoms with Gasteiger partial charge in [-0.25, -0.2) is 4.39 Å². The number of carbonyl (C=O) groups is 2. The number of hydrogen-bond donors (Lipinski definition) is 1. The van der Waals surface area contributed by atoms with Gasteiger partial charge < -0.3 is 10.2 Å². The Morgan fingerprint density at radius 3 is 2.35 bits per heavy atom. The number of carbonyl (C=O) groups excluding carboxylic acids is 2. The molecule has 0 spiro atoms. The summed E-state index contributed by atoms with van der Waals surface area (Å²) in [4.78, 5) is 30.5. The van der Waals surface area contributed by atoms with Crippen molar-refractivity contribution in [1.82, 2.24) is 9.80 Å². The van der Waals surface area contributed by atoms with Gasteiger partial charge in [0.05, 0.1) is 11.4 Å². The molecule has 0 saturated carbocycles. The van der Waals surface area contributed by atoms with Crippen molar-refractivity contribution in [3.05, 3.63) is 51.5 Å². The Kier molecular flexibility index (Phi) is 5.68. The molecular formula is C19H22FN3O2S. The first kappa shape index (κ1) is 18.5. The lowest BCUT2D eigenvalue weighted by atomic mass is 10.2. The van der Waals surface area contributed by atoms with Gasteiger partial charge in [0.2, 0.25) is 5.91 Å². The highest BCUT2D eigenvalue weighted by Gasteiger charge is 2.24. The van der Waals surface area contributed by atoms with Crippen LogP contribution < -0.4 is 5.32 Å². The van der Waals surface area contributed by atoms with E-state index in [2.05, 4.69) is 5.32 Å². The fourth-order valence-electron chi connectivity index (χ4n) is 2.88. The highest BCUT2D eigenvalue weighted by Crippen LogP contribution is 2.22. The van der Waals surface area contributed by atoms with Gasteiger partial charge in [-0.05, 0) is 49.7 Å². The number of thiophene rings is 1. The minimum Gasteiger partial charge on any atom is -0.335 e. The molecule has 26 heavy (non-hydrogen) atoms. The van der Waals surface area contributed by atoms with Crippen molar-refractivity contribution in [3.63, 3.8) is 0 Å². The smallest absolute Gasteiger partial charge is 0.264 e. The van der Waals surface area contributed by atoms with Gasteiger partial charge >= 0.3 is 0 Å². The number of nitrogens with zero attached hydrogens (tertiary/aromatic N) is 2. The maximum atomic E-state index is 12.9. The quantitative estimate of drug-likeness (QED) is 0.894. The molecule has 0 radical (unpaired) electrons. The van der Waals surface area contributed by atoms with Crippen LogP contribution in [0.2, 0.25) is 0 Å². The Morgan fingerprint density at radius 1 is 1.12 bits per heavy atom. The molecule has 5 nitrogen and oxygen atoms in total. The Balaban J connectivity index is 1.48. The zero-order chi connectivity index (χ0) is 18.7. The van der Waals surface area contributed by atoms with E-state index in [1.807, 2.05) is 29.7 Å². The van der Waals surface area contributed by atoms with E-state index in [4.69, 9.17) is 0 Å². The van der Waals surface area contributed by atoms with Gasteiger partial charge in [0.15, 0.2) is 0 Å². The number of aryl methyl sites for hydroxylation is 2. The molecule has 1 aromatic carbocycles. The first-order valence-electron chi connectivity index (χ1n) is 8.56. The van der Waals surface area contributed by atoms with E-state index in [0.29, 0.717) is 31.9 Å². The summed E-state index contributed by atoms with van der Waals surface area (Å²) in [6.45, 7) is 6.83. The van der Waals surface area contributed by atoms with E-state index in [0.717, 1.165) is 10.4 Å². The van der Waals surface area contributed by atoms with Gasteiger partial charge in [-0.15, -0.1) is 11.3 Å². The lowest BCUT2D eigenvalue weighted by molar-refractivity contribution is -0.117. The first-order valence-corrected chi connectivity index (χ1v) is 9.38. The van der Waals surface area contributed by atoms with E-state index in [1.54, 1.807) is 0 Å². The first-order chi connectivity index (χ1) is 12.4. The number of nitrogens with one attached hydrogen (secondary N) is 1. The van der Waals surface area contributed by atoms with Crippen molar-refractivity contribution in [3.8, 4) is 0 Å². The number of amides is 2. The highest BCUT2D eigenvalue weighted by atomic mass is 32.1. The largest absolute Gasteiger partial charge is 0.335 e. The van der Waals surface area contributed by atoms with E-state index in [-0.39, 0.29) is 24.2 Å². The predicted molar refractivity (Wildman–Crippen MR) is 101 cm³/mol. The topological polar surface area (TPSA) is 52.7 Å². The van der Waals surface area contributed by atoms with E-state index in [1.165, 1.54) is 40.5 Å². The summed E-state index contributed by atoms with van der Waals surface area (Å²) in [5, 5.41) is 2.76. The number of benzene rings is 1. The van der Waals surface area contributed by atoms with Crippen LogP contribution in [-0.4, -0.2) is 54.3 Å². The molecule has 1 aliphatic heterocycles. The van der Waals surface area contributed by atoms with Gasteiger partial charge in [0.25, 0.3) is 5.91 Å². The molecule has 2 heterocycles. The summed E-state index contributed by atoms with van der Waals surface area (Å²) >= 11 is 1.53. The molecule has 0 atom stereocenters. The van der Waals surface area contributed by atoms with Crippen LogP contribution in [0.15, 0.2) is 30.3 Å². The van der Waals surface area contributed by atoms with Crippen LogP contribution >= 0.6 is 11.3 Å². The predicted octanol–water partition coefficient (Wildman–Crippen LogP) is 2.90. The number of anilines is 1. The number of halogens is 1. The van der Waals surface area contributed by atoms with E-state index < -0.39 is 0 Å². The van der Waals surface area contributed by atoms with Crippen LogP contribution in [0, 0.1) is 19.7 Å². The summed E-state index contributed by atoms with van der Waals surface area (Å²) in [7, 11) is 0. The summed E-state index contributed by atoms with van der Waals surface area (Å²) in [5.74, 6) is -0.401. The van der Waals surface area contributed by atoms with Crippen molar-refractivity contribution >= 4 is 28.8 Å². The average Bonchev–Trinajstić information content (AvgIpc) is 2.96. The molecule has 2 aromatic rings. The monoisotopic (exact) mass is 375 g/mol. The fraction of sp³-hybridized carbons (Fsp3) is 0.368. The third-order valence-electron chi connectivity index (χ3n) is 4.53. The summed E-state index contributed by atoms with van der Waals surface area (Å²) in [6.07, 6.45) is 0. The normalized spacial score (nSPS) is 15.1. The molecule has 0 unspecified atom stereocenters. The molecule has 2 amide bonds. The molecule has 0 bridgehead atoms. The van der Waals surface area contributed by atoms with Crippen molar-refractivity contribution in [2.24, 2.45) is 0 Å². The molecule has 1 aromatic heterocycles. The van der Waals surface area contributed by atoms with Crippen LogP contribution in [-0.2, 0) is 4.79 Å². The Morgan fingerprint density at radius 2 is 1.77 bits per heavy atom. The van der Waals surface area contributed by atoms with Crippen LogP contribution in [0.3, 0.4) is 0 Å². The molecule has 7 heteroatoms. The molecule has 0 aliphatic carbocycles. The molecular weight excluding hydrogens is 353 g/mol. The van der Waals surface area contributed by atoms with Crippen LogP contribution in [0.25, 0.3) is 0 Å². The molecule has 1 aliphatic rings. The molecule has 1 N–H and O–H groups in total. The second kappa shape index (κ2) is 7.97. The van der Waals surface area contributed by atoms with Crippen molar-refractivity contribution in [2.75, 3.05) is 38.0 Å². The minimum absolute atomic E-state index is 0.0709. The van der Waals surface area contributed by atoms with Crippen molar-refractivity contribution in [1.29, 1.82) is 0 Å². The van der Waals surface area contributed by atoms with Crippen LogP contribution in [0.1, 0.15) is 20.1 Å². The second-order valence-electron chi connectivity index (χ2n) is 6.47. The molecule has 138 valence electrons. The van der Waals surface area contributed by atoms with Crippen molar-refractivity contribution < 1.29 is 14.0 Å². The average molecular weight is 375 g/mol. The lowest BCUT2D eigenvalue weighted by Gasteiger charge is -2.34. The van der Waals surface area contributed by atoms with Gasteiger partial charge in [0.1, 0.15) is 5.82 Å². The van der Waals surface area contributed by atoms with Crippen molar-refractivity contribution in [2.45, 2.75) is 13.8 Å². The Hall–Kier alpha value is -2.25. The fourth-order valence-corrected chi connectivity index (χ4v) is 3.88. The van der Waals surface area contributed by atoms with Crippen LogP contribution in [0.5, 0.6) is 0 Å². The number of hydrogen-bond acceptors (Lipinski definition) is 4.